The van der Waals surface area contributed by atoms with Gasteiger partial charge in [0.25, 0.3) is 0 Å². The molecule has 15 heavy (non-hydrogen) atoms. The fourth-order valence-electron chi connectivity index (χ4n) is 3.14. The highest BCUT2D eigenvalue weighted by atomic mass is 16.4. The van der Waals surface area contributed by atoms with Crippen molar-refractivity contribution in [3.05, 3.63) is 0 Å². The molecule has 0 saturated heterocycles. The number of carboxylic acid groups (broad SMARTS) is 1. The Kier molecular flexibility index (Phi) is 4.62. The first kappa shape index (κ1) is 12.5. The number of carbonyl (C=O) groups is 1. The van der Waals surface area contributed by atoms with Gasteiger partial charge in [-0.3, -0.25) is 4.79 Å². The van der Waals surface area contributed by atoms with Crippen molar-refractivity contribution in [2.24, 2.45) is 23.7 Å². The van der Waals surface area contributed by atoms with Gasteiger partial charge < -0.3 is 5.11 Å². The summed E-state index contributed by atoms with van der Waals surface area (Å²) >= 11 is 0. The van der Waals surface area contributed by atoms with Crippen LogP contribution in [-0.4, -0.2) is 11.1 Å². The van der Waals surface area contributed by atoms with Gasteiger partial charge in [0, 0.05) is 0 Å². The molecule has 2 nitrogen and oxygen atoms in total. The molecule has 1 rings (SSSR count). The van der Waals surface area contributed by atoms with Gasteiger partial charge in [-0.25, -0.2) is 0 Å². The molecular weight excluding hydrogens is 188 g/mol. The Balaban J connectivity index is 2.45. The molecule has 1 saturated carbocycles. The zero-order valence-corrected chi connectivity index (χ0v) is 10.2. The quantitative estimate of drug-likeness (QED) is 0.773. The molecular formula is C13H24O2. The van der Waals surface area contributed by atoms with Crippen LogP contribution in [0.2, 0.25) is 0 Å². The number of aliphatic carboxylic acids is 1. The summed E-state index contributed by atoms with van der Waals surface area (Å²) < 4.78 is 0. The molecule has 0 aliphatic heterocycles. The fourth-order valence-corrected chi connectivity index (χ4v) is 3.14. The van der Waals surface area contributed by atoms with E-state index in [-0.39, 0.29) is 5.92 Å². The minimum absolute atomic E-state index is 0.0640. The van der Waals surface area contributed by atoms with Crippen molar-refractivity contribution in [3.63, 3.8) is 0 Å². The van der Waals surface area contributed by atoms with Gasteiger partial charge in [-0.2, -0.15) is 0 Å². The fraction of sp³-hybridized carbons (Fsp3) is 0.923. The zero-order chi connectivity index (χ0) is 11.4. The predicted molar refractivity (Wildman–Crippen MR) is 61.7 cm³/mol. The van der Waals surface area contributed by atoms with Crippen molar-refractivity contribution in [1.29, 1.82) is 0 Å². The molecule has 0 aromatic carbocycles. The average molecular weight is 212 g/mol. The molecule has 1 atom stereocenters. The van der Waals surface area contributed by atoms with Crippen LogP contribution >= 0.6 is 0 Å². The van der Waals surface area contributed by atoms with Crippen molar-refractivity contribution in [1.82, 2.24) is 0 Å². The summed E-state index contributed by atoms with van der Waals surface area (Å²) in [5.74, 6) is 1.64. The molecule has 0 heterocycles. The van der Waals surface area contributed by atoms with E-state index in [1.54, 1.807) is 0 Å². The maximum atomic E-state index is 10.8. The summed E-state index contributed by atoms with van der Waals surface area (Å²) in [5, 5.41) is 8.93. The van der Waals surface area contributed by atoms with Crippen LogP contribution in [0.5, 0.6) is 0 Å². The Labute approximate surface area is 93.1 Å². The second kappa shape index (κ2) is 5.53. The highest BCUT2D eigenvalue weighted by molar-refractivity contribution is 5.69. The minimum atomic E-state index is -0.592. The Morgan fingerprint density at radius 3 is 2.13 bits per heavy atom. The first-order chi connectivity index (χ1) is 7.06. The Morgan fingerprint density at radius 1 is 1.27 bits per heavy atom. The Bertz CT molecular complexity index is 203. The van der Waals surface area contributed by atoms with Gasteiger partial charge in [0.15, 0.2) is 0 Å². The molecule has 1 unspecified atom stereocenters. The smallest absolute Gasteiger partial charge is 0.306 e. The lowest BCUT2D eigenvalue weighted by Crippen LogP contribution is -2.27. The van der Waals surface area contributed by atoms with Gasteiger partial charge in [-0.05, 0) is 43.4 Å². The maximum Gasteiger partial charge on any atom is 0.306 e. The van der Waals surface area contributed by atoms with E-state index in [1.807, 2.05) is 0 Å². The standard InChI is InChI=1S/C13H24O2/c1-4-12(9(2)3)10-5-7-11(8-6-10)13(14)15/h9-12H,4-8H2,1-3H3,(H,14,15). The lowest BCUT2D eigenvalue weighted by Gasteiger charge is -2.34. The van der Waals surface area contributed by atoms with Gasteiger partial charge in [0.2, 0.25) is 0 Å². The van der Waals surface area contributed by atoms with Gasteiger partial charge in [0.05, 0.1) is 5.92 Å². The molecule has 88 valence electrons. The summed E-state index contributed by atoms with van der Waals surface area (Å²) in [4.78, 5) is 10.8. The van der Waals surface area contributed by atoms with Gasteiger partial charge in [-0.15, -0.1) is 0 Å². The number of hydrogen-bond acceptors (Lipinski definition) is 1. The summed E-state index contributed by atoms with van der Waals surface area (Å²) in [6.45, 7) is 6.84. The van der Waals surface area contributed by atoms with Crippen LogP contribution in [0, 0.1) is 23.7 Å². The van der Waals surface area contributed by atoms with Crippen molar-refractivity contribution in [2.45, 2.75) is 52.9 Å². The van der Waals surface area contributed by atoms with Crippen molar-refractivity contribution in [3.8, 4) is 0 Å². The van der Waals surface area contributed by atoms with Crippen LogP contribution in [-0.2, 0) is 4.79 Å². The molecule has 0 amide bonds. The van der Waals surface area contributed by atoms with E-state index in [0.29, 0.717) is 0 Å². The molecule has 1 fully saturated rings. The van der Waals surface area contributed by atoms with E-state index in [9.17, 15) is 4.79 Å². The van der Waals surface area contributed by atoms with Gasteiger partial charge in [0.1, 0.15) is 0 Å². The third-order valence-corrected chi connectivity index (χ3v) is 4.05. The first-order valence-corrected chi connectivity index (χ1v) is 6.29. The molecule has 0 aromatic rings. The van der Waals surface area contributed by atoms with Gasteiger partial charge in [-0.1, -0.05) is 27.2 Å². The normalized spacial score (nSPS) is 29.1. The van der Waals surface area contributed by atoms with E-state index in [0.717, 1.165) is 43.4 Å². The Hall–Kier alpha value is -0.530. The SMILES string of the molecule is CCC(C(C)C)C1CCC(C(=O)O)CC1. The van der Waals surface area contributed by atoms with Crippen molar-refractivity contribution >= 4 is 5.97 Å². The predicted octanol–water partition coefficient (Wildman–Crippen LogP) is 3.56. The van der Waals surface area contributed by atoms with Crippen LogP contribution in [0.4, 0.5) is 0 Å². The minimum Gasteiger partial charge on any atom is -0.481 e. The summed E-state index contributed by atoms with van der Waals surface area (Å²) in [6, 6.07) is 0. The van der Waals surface area contributed by atoms with E-state index in [4.69, 9.17) is 5.11 Å². The molecule has 1 aliphatic carbocycles. The van der Waals surface area contributed by atoms with E-state index >= 15 is 0 Å². The van der Waals surface area contributed by atoms with Crippen molar-refractivity contribution < 1.29 is 9.90 Å². The number of carboxylic acids is 1. The summed E-state index contributed by atoms with van der Waals surface area (Å²) in [7, 11) is 0. The first-order valence-electron chi connectivity index (χ1n) is 6.29. The lowest BCUT2D eigenvalue weighted by atomic mass is 9.71. The summed E-state index contributed by atoms with van der Waals surface area (Å²) in [5.41, 5.74) is 0. The number of hydrogen-bond donors (Lipinski definition) is 1. The largest absolute Gasteiger partial charge is 0.481 e. The molecule has 1 N–H and O–H groups in total. The molecule has 0 bridgehead atoms. The highest BCUT2D eigenvalue weighted by Gasteiger charge is 2.30. The number of rotatable bonds is 4. The van der Waals surface area contributed by atoms with Crippen molar-refractivity contribution in [2.75, 3.05) is 0 Å². The van der Waals surface area contributed by atoms with E-state index in [2.05, 4.69) is 20.8 Å². The zero-order valence-electron chi connectivity index (χ0n) is 10.2. The van der Waals surface area contributed by atoms with Crippen LogP contribution in [0.3, 0.4) is 0 Å². The average Bonchev–Trinajstić information content (AvgIpc) is 2.19. The van der Waals surface area contributed by atoms with Crippen LogP contribution in [0.1, 0.15) is 52.9 Å². The monoisotopic (exact) mass is 212 g/mol. The second-order valence-corrected chi connectivity index (χ2v) is 5.27. The van der Waals surface area contributed by atoms with Gasteiger partial charge >= 0.3 is 5.97 Å². The van der Waals surface area contributed by atoms with E-state index < -0.39 is 5.97 Å². The van der Waals surface area contributed by atoms with E-state index in [1.165, 1.54) is 6.42 Å². The Morgan fingerprint density at radius 2 is 1.80 bits per heavy atom. The molecule has 0 spiro atoms. The highest BCUT2D eigenvalue weighted by Crippen LogP contribution is 2.37. The summed E-state index contributed by atoms with van der Waals surface area (Å²) in [6.07, 6.45) is 5.26. The third kappa shape index (κ3) is 3.22. The topological polar surface area (TPSA) is 37.3 Å². The molecule has 2 heteroatoms. The van der Waals surface area contributed by atoms with Crippen LogP contribution in [0.25, 0.3) is 0 Å². The lowest BCUT2D eigenvalue weighted by molar-refractivity contribution is -0.143. The second-order valence-electron chi connectivity index (χ2n) is 5.27. The van der Waals surface area contributed by atoms with Crippen LogP contribution < -0.4 is 0 Å². The molecule has 0 radical (unpaired) electrons. The maximum absolute atomic E-state index is 10.8. The molecule has 0 aromatic heterocycles. The third-order valence-electron chi connectivity index (χ3n) is 4.05. The van der Waals surface area contributed by atoms with Crippen LogP contribution in [0.15, 0.2) is 0 Å². The molecule has 1 aliphatic rings.